The molecule has 0 unspecified atom stereocenters. The molecule has 0 bridgehead atoms. The van der Waals surface area contributed by atoms with Gasteiger partial charge in [-0.05, 0) is 24.6 Å². The number of thioether (sulfide) groups is 1. The maximum Gasteiger partial charge on any atom is 0.234 e. The molecule has 13 heavy (non-hydrogen) atoms. The predicted molar refractivity (Wildman–Crippen MR) is 55.5 cm³/mol. The number of halogens is 1. The lowest BCUT2D eigenvalue weighted by Crippen LogP contribution is -2.18. The Kier molecular flexibility index (Phi) is 2.22. The molecule has 4 heteroatoms. The van der Waals surface area contributed by atoms with Crippen molar-refractivity contribution in [2.45, 2.75) is 11.8 Å². The highest BCUT2D eigenvalue weighted by molar-refractivity contribution is 8.00. The minimum atomic E-state index is 0.0548. The van der Waals surface area contributed by atoms with Gasteiger partial charge in [0.15, 0.2) is 0 Å². The zero-order valence-electron chi connectivity index (χ0n) is 7.06. The highest BCUT2D eigenvalue weighted by Gasteiger charge is 2.16. The number of benzene rings is 1. The van der Waals surface area contributed by atoms with Crippen molar-refractivity contribution in [2.75, 3.05) is 11.1 Å². The van der Waals surface area contributed by atoms with Crippen LogP contribution in [0.1, 0.15) is 5.56 Å². The molecule has 2 rings (SSSR count). The fourth-order valence-electron chi connectivity index (χ4n) is 1.21. The number of carbonyl (C=O) groups excluding carboxylic acids is 1. The van der Waals surface area contributed by atoms with Crippen molar-refractivity contribution < 1.29 is 4.79 Å². The van der Waals surface area contributed by atoms with E-state index in [4.69, 9.17) is 11.6 Å². The SMILES string of the molecule is Cc1cc2c(cc1Cl)SCC(=O)N2. The highest BCUT2D eigenvalue weighted by Crippen LogP contribution is 2.35. The van der Waals surface area contributed by atoms with Crippen molar-refractivity contribution in [3.8, 4) is 0 Å². The molecule has 0 fully saturated rings. The number of hydrogen-bond acceptors (Lipinski definition) is 2. The van der Waals surface area contributed by atoms with Crippen molar-refractivity contribution in [3.05, 3.63) is 22.7 Å². The minimum absolute atomic E-state index is 0.0548. The standard InChI is InChI=1S/C9H8ClNOS/c1-5-2-7-8(3-6(5)10)13-4-9(12)11-7/h2-3H,4H2,1H3,(H,11,12). The molecule has 1 aromatic carbocycles. The predicted octanol–water partition coefficient (Wildman–Crippen LogP) is 2.69. The molecule has 2 nitrogen and oxygen atoms in total. The second kappa shape index (κ2) is 3.24. The Labute approximate surface area is 85.7 Å². The Morgan fingerprint density at radius 1 is 1.54 bits per heavy atom. The quantitative estimate of drug-likeness (QED) is 0.718. The van der Waals surface area contributed by atoms with Crippen LogP contribution < -0.4 is 5.32 Å². The zero-order chi connectivity index (χ0) is 9.42. The molecule has 0 atom stereocenters. The Morgan fingerprint density at radius 2 is 2.31 bits per heavy atom. The van der Waals surface area contributed by atoms with Gasteiger partial charge in [-0.2, -0.15) is 0 Å². The monoisotopic (exact) mass is 213 g/mol. The number of carbonyl (C=O) groups is 1. The number of fused-ring (bicyclic) bond motifs is 1. The van der Waals surface area contributed by atoms with Gasteiger partial charge in [-0.1, -0.05) is 11.6 Å². The van der Waals surface area contributed by atoms with Crippen LogP contribution in [0, 0.1) is 6.92 Å². The van der Waals surface area contributed by atoms with Crippen molar-refractivity contribution >= 4 is 35.0 Å². The molecule has 0 aromatic heterocycles. The number of hydrogen-bond donors (Lipinski definition) is 1. The van der Waals surface area contributed by atoms with E-state index < -0.39 is 0 Å². The third-order valence-electron chi connectivity index (χ3n) is 1.89. The van der Waals surface area contributed by atoms with E-state index in [0.29, 0.717) is 5.75 Å². The van der Waals surface area contributed by atoms with Crippen LogP contribution in [0.4, 0.5) is 5.69 Å². The lowest BCUT2D eigenvalue weighted by Gasteiger charge is -2.17. The molecular formula is C9H8ClNOS. The molecule has 0 aliphatic carbocycles. The van der Waals surface area contributed by atoms with Crippen LogP contribution >= 0.6 is 23.4 Å². The van der Waals surface area contributed by atoms with E-state index in [2.05, 4.69) is 5.32 Å². The van der Waals surface area contributed by atoms with Gasteiger partial charge in [-0.25, -0.2) is 0 Å². The summed E-state index contributed by atoms with van der Waals surface area (Å²) < 4.78 is 0. The summed E-state index contributed by atoms with van der Waals surface area (Å²) in [6, 6.07) is 3.80. The van der Waals surface area contributed by atoms with E-state index in [1.165, 1.54) is 11.8 Å². The van der Waals surface area contributed by atoms with Gasteiger partial charge in [-0.15, -0.1) is 11.8 Å². The smallest absolute Gasteiger partial charge is 0.234 e. The van der Waals surface area contributed by atoms with E-state index >= 15 is 0 Å². The third-order valence-corrected chi connectivity index (χ3v) is 3.36. The van der Waals surface area contributed by atoms with Crippen LogP contribution in [0.15, 0.2) is 17.0 Å². The van der Waals surface area contributed by atoms with E-state index in [0.717, 1.165) is 21.2 Å². The van der Waals surface area contributed by atoms with E-state index in [9.17, 15) is 4.79 Å². The maximum absolute atomic E-state index is 11.1. The molecular weight excluding hydrogens is 206 g/mol. The summed E-state index contributed by atoms with van der Waals surface area (Å²) in [4.78, 5) is 12.1. The van der Waals surface area contributed by atoms with Gasteiger partial charge in [0.1, 0.15) is 0 Å². The van der Waals surface area contributed by atoms with Crippen molar-refractivity contribution in [2.24, 2.45) is 0 Å². The summed E-state index contributed by atoms with van der Waals surface area (Å²) in [6.07, 6.45) is 0. The number of amides is 1. The normalized spacial score (nSPS) is 15.1. The first kappa shape index (κ1) is 8.91. The number of rotatable bonds is 0. The van der Waals surface area contributed by atoms with Gasteiger partial charge in [-0.3, -0.25) is 4.79 Å². The van der Waals surface area contributed by atoms with Gasteiger partial charge in [0.25, 0.3) is 0 Å². The maximum atomic E-state index is 11.1. The fraction of sp³-hybridized carbons (Fsp3) is 0.222. The van der Waals surface area contributed by atoms with Crippen molar-refractivity contribution in [1.82, 2.24) is 0 Å². The molecule has 0 saturated heterocycles. The van der Waals surface area contributed by atoms with E-state index in [-0.39, 0.29) is 5.91 Å². The molecule has 0 radical (unpaired) electrons. The highest BCUT2D eigenvalue weighted by atomic mass is 35.5. The van der Waals surface area contributed by atoms with Gasteiger partial charge in [0, 0.05) is 9.92 Å². The summed E-state index contributed by atoms with van der Waals surface area (Å²) in [5.41, 5.74) is 1.87. The first-order chi connectivity index (χ1) is 6.16. The van der Waals surface area contributed by atoms with E-state index in [1.54, 1.807) is 0 Å². The van der Waals surface area contributed by atoms with Gasteiger partial charge in [0.05, 0.1) is 11.4 Å². The molecule has 0 spiro atoms. The second-order valence-corrected chi connectivity index (χ2v) is 4.36. The number of anilines is 1. The molecule has 68 valence electrons. The Bertz CT molecular complexity index is 378. The van der Waals surface area contributed by atoms with Crippen LogP contribution in [0.2, 0.25) is 5.02 Å². The largest absolute Gasteiger partial charge is 0.324 e. The summed E-state index contributed by atoms with van der Waals surface area (Å²) in [7, 11) is 0. The van der Waals surface area contributed by atoms with Crippen LogP contribution in [-0.2, 0) is 4.79 Å². The first-order valence-corrected chi connectivity index (χ1v) is 5.26. The van der Waals surface area contributed by atoms with Gasteiger partial charge >= 0.3 is 0 Å². The Hall–Kier alpha value is -0.670. The molecule has 1 N–H and O–H groups in total. The summed E-state index contributed by atoms with van der Waals surface area (Å²) in [5, 5.41) is 3.56. The molecule has 1 amide bonds. The van der Waals surface area contributed by atoms with Crippen molar-refractivity contribution in [3.63, 3.8) is 0 Å². The first-order valence-electron chi connectivity index (χ1n) is 3.89. The zero-order valence-corrected chi connectivity index (χ0v) is 8.63. The average molecular weight is 214 g/mol. The minimum Gasteiger partial charge on any atom is -0.324 e. The van der Waals surface area contributed by atoms with Crippen LogP contribution in [-0.4, -0.2) is 11.7 Å². The molecule has 1 heterocycles. The Morgan fingerprint density at radius 3 is 3.08 bits per heavy atom. The molecule has 1 aromatic rings. The molecule has 1 aliphatic heterocycles. The lowest BCUT2D eigenvalue weighted by molar-refractivity contribution is -0.113. The van der Waals surface area contributed by atoms with Crippen LogP contribution in [0.5, 0.6) is 0 Å². The fourth-order valence-corrected chi connectivity index (χ4v) is 2.26. The van der Waals surface area contributed by atoms with Crippen LogP contribution in [0.25, 0.3) is 0 Å². The summed E-state index contributed by atoms with van der Waals surface area (Å²) in [6.45, 7) is 1.92. The van der Waals surface area contributed by atoms with Gasteiger partial charge in [0.2, 0.25) is 5.91 Å². The van der Waals surface area contributed by atoms with Crippen LogP contribution in [0.3, 0.4) is 0 Å². The number of aryl methyl sites for hydroxylation is 1. The molecule has 1 aliphatic rings. The molecule has 0 saturated carbocycles. The summed E-state index contributed by atoms with van der Waals surface area (Å²) in [5.74, 6) is 0.533. The summed E-state index contributed by atoms with van der Waals surface area (Å²) >= 11 is 7.48. The lowest BCUT2D eigenvalue weighted by atomic mass is 10.2. The Balaban J connectivity index is 2.49. The second-order valence-electron chi connectivity index (χ2n) is 2.93. The average Bonchev–Trinajstić information content (AvgIpc) is 2.08. The van der Waals surface area contributed by atoms with E-state index in [1.807, 2.05) is 19.1 Å². The number of nitrogens with one attached hydrogen (secondary N) is 1. The van der Waals surface area contributed by atoms with Crippen molar-refractivity contribution in [1.29, 1.82) is 0 Å². The topological polar surface area (TPSA) is 29.1 Å². The van der Waals surface area contributed by atoms with Gasteiger partial charge < -0.3 is 5.32 Å². The third kappa shape index (κ3) is 1.67.